The molecule has 0 saturated heterocycles. The van der Waals surface area contributed by atoms with E-state index in [0.717, 1.165) is 11.1 Å². The van der Waals surface area contributed by atoms with Crippen LogP contribution in [0, 0.1) is 0 Å². The first-order chi connectivity index (χ1) is 12.8. The maximum absolute atomic E-state index is 12.3. The van der Waals surface area contributed by atoms with Gasteiger partial charge in [0, 0.05) is 13.1 Å². The van der Waals surface area contributed by atoms with Gasteiger partial charge in [-0.1, -0.05) is 49.7 Å². The number of nitrogens with zero attached hydrogens (tertiary/aromatic N) is 2. The molecular formula is C20H29ClFN3O2. The maximum Gasteiger partial charge on any atom is 0.289 e. The molecule has 0 unspecified atom stereocenters. The number of nitrogens with one attached hydrogen (secondary N) is 1. The molecule has 0 radical (unpaired) electrons. The van der Waals surface area contributed by atoms with Crippen molar-refractivity contribution in [3.63, 3.8) is 0 Å². The molecule has 0 spiro atoms. The molecule has 0 bridgehead atoms. The molecule has 0 fully saturated rings. The molecule has 1 aromatic carbocycles. The Balaban J connectivity index is 0.00000176. The summed E-state index contributed by atoms with van der Waals surface area (Å²) < 4.78 is 19.0. The van der Waals surface area contributed by atoms with Gasteiger partial charge in [-0.05, 0) is 31.9 Å². The van der Waals surface area contributed by atoms with Gasteiger partial charge in [0.1, 0.15) is 13.3 Å². The van der Waals surface area contributed by atoms with Crippen molar-refractivity contribution in [3.05, 3.63) is 57.0 Å². The third-order valence-corrected chi connectivity index (χ3v) is 3.89. The molecule has 0 aliphatic rings. The lowest BCUT2D eigenvalue weighted by Crippen LogP contribution is -2.36. The summed E-state index contributed by atoms with van der Waals surface area (Å²) >= 11 is 6.13. The predicted molar refractivity (Wildman–Crippen MR) is 108 cm³/mol. The Labute approximate surface area is 165 Å². The van der Waals surface area contributed by atoms with Crippen molar-refractivity contribution in [2.75, 3.05) is 13.2 Å². The smallest absolute Gasteiger partial charge is 0.289 e. The number of hydrogen-bond acceptors (Lipinski definition) is 4. The Morgan fingerprint density at radius 2 is 1.78 bits per heavy atom. The van der Waals surface area contributed by atoms with Gasteiger partial charge in [-0.3, -0.25) is 4.79 Å². The highest BCUT2D eigenvalue weighted by molar-refractivity contribution is 6.31. The van der Waals surface area contributed by atoms with Gasteiger partial charge in [-0.2, -0.15) is 5.10 Å². The topological polar surface area (TPSA) is 56.1 Å². The largest absolute Gasteiger partial charge is 0.485 e. The minimum atomic E-state index is -0.453. The molecule has 1 heterocycles. The summed E-state index contributed by atoms with van der Waals surface area (Å²) in [4.78, 5) is 12.3. The van der Waals surface area contributed by atoms with Crippen LogP contribution < -0.4 is 15.6 Å². The quantitative estimate of drug-likeness (QED) is 0.707. The third kappa shape index (κ3) is 6.96. The van der Waals surface area contributed by atoms with E-state index in [1.54, 1.807) is 0 Å². The van der Waals surface area contributed by atoms with Crippen molar-refractivity contribution in [2.24, 2.45) is 0 Å². The third-order valence-electron chi connectivity index (χ3n) is 3.54. The normalized spacial score (nSPS) is 10.9. The van der Waals surface area contributed by atoms with E-state index in [1.807, 2.05) is 58.9 Å². The van der Waals surface area contributed by atoms with E-state index in [2.05, 4.69) is 10.4 Å². The summed E-state index contributed by atoms with van der Waals surface area (Å²) in [5.41, 5.74) is 1.17. The average Bonchev–Trinajstić information content (AvgIpc) is 2.65. The predicted octanol–water partition coefficient (Wildman–Crippen LogP) is 4.32. The van der Waals surface area contributed by atoms with Crippen molar-refractivity contribution in [2.45, 2.75) is 53.3 Å². The van der Waals surface area contributed by atoms with Crippen LogP contribution in [0.4, 0.5) is 4.39 Å². The number of rotatable bonds is 7. The van der Waals surface area contributed by atoms with Crippen LogP contribution in [0.5, 0.6) is 5.75 Å². The number of hydrogen-bond donors (Lipinski definition) is 1. The molecule has 1 aromatic heterocycles. The zero-order valence-corrected chi connectivity index (χ0v) is 17.4. The average molecular weight is 398 g/mol. The summed E-state index contributed by atoms with van der Waals surface area (Å²) in [7, 11) is 0. The fraction of sp³-hybridized carbons (Fsp3) is 0.500. The van der Waals surface area contributed by atoms with Crippen LogP contribution in [0.3, 0.4) is 0 Å². The zero-order chi connectivity index (χ0) is 20.4. The van der Waals surface area contributed by atoms with E-state index in [1.165, 1.54) is 10.9 Å². The fourth-order valence-electron chi connectivity index (χ4n) is 2.21. The monoisotopic (exact) mass is 397 g/mol. The van der Waals surface area contributed by atoms with Crippen LogP contribution >= 0.6 is 11.6 Å². The molecule has 2 rings (SSSR count). The van der Waals surface area contributed by atoms with E-state index in [4.69, 9.17) is 16.3 Å². The van der Waals surface area contributed by atoms with Gasteiger partial charge >= 0.3 is 0 Å². The first-order valence-electron chi connectivity index (χ1n) is 9.08. The van der Waals surface area contributed by atoms with Crippen molar-refractivity contribution in [1.29, 1.82) is 0 Å². The van der Waals surface area contributed by atoms with Crippen LogP contribution in [-0.4, -0.2) is 23.0 Å². The molecule has 0 saturated carbocycles. The first-order valence-corrected chi connectivity index (χ1v) is 9.46. The van der Waals surface area contributed by atoms with Gasteiger partial charge in [-0.15, -0.1) is 0 Å². The number of alkyl halides is 1. The fourth-order valence-corrected chi connectivity index (χ4v) is 2.39. The van der Waals surface area contributed by atoms with Gasteiger partial charge in [0.15, 0.2) is 10.8 Å². The molecule has 0 atom stereocenters. The van der Waals surface area contributed by atoms with Crippen LogP contribution in [0.1, 0.15) is 45.7 Å². The molecule has 2 aromatic rings. The second-order valence-electron chi connectivity index (χ2n) is 6.68. The van der Waals surface area contributed by atoms with Gasteiger partial charge in [-0.25, -0.2) is 9.07 Å². The van der Waals surface area contributed by atoms with Crippen molar-refractivity contribution >= 4 is 11.6 Å². The maximum atomic E-state index is 12.3. The lowest BCUT2D eigenvalue weighted by atomic mass is 10.1. The van der Waals surface area contributed by atoms with Gasteiger partial charge in [0.05, 0.1) is 11.7 Å². The SMILES string of the molecule is CC.CC(C)(C)n1ncc(OCc2ccc(CNCCF)cc2)c(Cl)c1=O. The Kier molecular flexibility index (Phi) is 9.46. The summed E-state index contributed by atoms with van der Waals surface area (Å²) in [6.45, 7) is 10.5. The standard InChI is InChI=1S/C18H23ClFN3O2.C2H6/c1-18(2,3)23-17(24)16(19)15(11-22-23)25-12-14-6-4-13(5-7-14)10-21-9-8-20;1-2/h4-7,11,21H,8-10,12H2,1-3H3;1-2H3. The zero-order valence-electron chi connectivity index (χ0n) is 16.7. The summed E-state index contributed by atoms with van der Waals surface area (Å²) in [6.07, 6.45) is 1.46. The molecule has 0 aliphatic carbocycles. The Morgan fingerprint density at radius 3 is 2.33 bits per heavy atom. The van der Waals surface area contributed by atoms with Crippen molar-refractivity contribution < 1.29 is 9.13 Å². The van der Waals surface area contributed by atoms with Crippen molar-refractivity contribution in [1.82, 2.24) is 15.1 Å². The molecule has 0 amide bonds. The summed E-state index contributed by atoms with van der Waals surface area (Å²) in [5.74, 6) is 0.265. The second kappa shape index (κ2) is 11.0. The van der Waals surface area contributed by atoms with Crippen LogP contribution in [-0.2, 0) is 18.7 Å². The number of halogens is 2. The summed E-state index contributed by atoms with van der Waals surface area (Å²) in [6, 6.07) is 7.73. The van der Waals surface area contributed by atoms with E-state index in [9.17, 15) is 9.18 Å². The highest BCUT2D eigenvalue weighted by atomic mass is 35.5. The highest BCUT2D eigenvalue weighted by Gasteiger charge is 2.19. The Morgan fingerprint density at radius 1 is 1.19 bits per heavy atom. The van der Waals surface area contributed by atoms with E-state index >= 15 is 0 Å². The first kappa shape index (κ1) is 23.1. The molecule has 5 nitrogen and oxygen atoms in total. The Bertz CT molecular complexity index is 755. The van der Waals surface area contributed by atoms with Crippen LogP contribution in [0.2, 0.25) is 5.02 Å². The minimum Gasteiger partial charge on any atom is -0.485 e. The molecule has 7 heteroatoms. The lowest BCUT2D eigenvalue weighted by molar-refractivity contribution is 0.292. The molecular weight excluding hydrogens is 369 g/mol. The molecule has 1 N–H and O–H groups in total. The van der Waals surface area contributed by atoms with E-state index < -0.39 is 5.54 Å². The lowest BCUT2D eigenvalue weighted by Gasteiger charge is -2.21. The van der Waals surface area contributed by atoms with Crippen LogP contribution in [0.15, 0.2) is 35.3 Å². The van der Waals surface area contributed by atoms with E-state index in [-0.39, 0.29) is 29.6 Å². The second-order valence-corrected chi connectivity index (χ2v) is 7.06. The number of ether oxygens (including phenoxy) is 1. The van der Waals surface area contributed by atoms with Crippen molar-refractivity contribution in [3.8, 4) is 5.75 Å². The molecule has 0 aliphatic heterocycles. The summed E-state index contributed by atoms with van der Waals surface area (Å²) in [5, 5.41) is 7.15. The number of benzene rings is 1. The minimum absolute atomic E-state index is 0.0250. The Hall–Kier alpha value is -1.92. The van der Waals surface area contributed by atoms with E-state index in [0.29, 0.717) is 13.1 Å². The molecule has 150 valence electrons. The van der Waals surface area contributed by atoms with Gasteiger partial charge < -0.3 is 10.1 Å². The molecule has 27 heavy (non-hydrogen) atoms. The van der Waals surface area contributed by atoms with Gasteiger partial charge in [0.25, 0.3) is 5.56 Å². The number of aromatic nitrogens is 2. The highest BCUT2D eigenvalue weighted by Crippen LogP contribution is 2.21. The van der Waals surface area contributed by atoms with Crippen LogP contribution in [0.25, 0.3) is 0 Å². The van der Waals surface area contributed by atoms with Gasteiger partial charge in [0.2, 0.25) is 0 Å².